The van der Waals surface area contributed by atoms with Gasteiger partial charge in [0, 0.05) is 5.75 Å². The molecule has 0 aromatic rings. The molecule has 0 bridgehead atoms. The Balaban J connectivity index is 2.95. The van der Waals surface area contributed by atoms with E-state index < -0.39 is 0 Å². The molecule has 0 heterocycles. The zero-order chi connectivity index (χ0) is 9.23. The van der Waals surface area contributed by atoms with E-state index in [9.17, 15) is 4.79 Å². The first-order valence-electron chi connectivity index (χ1n) is 4.10. The van der Waals surface area contributed by atoms with Gasteiger partial charge in [0.2, 0.25) is 0 Å². The molecule has 4 heteroatoms. The molecular formula is C8H17NO2S. The molecule has 0 aromatic carbocycles. The van der Waals surface area contributed by atoms with Gasteiger partial charge in [-0.25, -0.2) is 0 Å². The lowest BCUT2D eigenvalue weighted by Crippen LogP contribution is -2.08. The second kappa shape index (κ2) is 8.87. The SMILES string of the molecule is CNCCCSCCC(=O)OC. The summed E-state index contributed by atoms with van der Waals surface area (Å²) in [5.41, 5.74) is 0. The molecule has 0 aromatic heterocycles. The number of carbonyl (C=O) groups excluding carboxylic acids is 1. The van der Waals surface area contributed by atoms with Gasteiger partial charge >= 0.3 is 5.97 Å². The summed E-state index contributed by atoms with van der Waals surface area (Å²) < 4.78 is 4.51. The Hall–Kier alpha value is -0.220. The Morgan fingerprint density at radius 1 is 1.50 bits per heavy atom. The molecule has 0 aliphatic heterocycles. The molecule has 0 spiro atoms. The van der Waals surface area contributed by atoms with Crippen molar-refractivity contribution in [2.24, 2.45) is 0 Å². The number of esters is 1. The summed E-state index contributed by atoms with van der Waals surface area (Å²) in [5, 5.41) is 3.07. The van der Waals surface area contributed by atoms with Gasteiger partial charge in [0.25, 0.3) is 0 Å². The smallest absolute Gasteiger partial charge is 0.306 e. The third-order valence-electron chi connectivity index (χ3n) is 1.39. The van der Waals surface area contributed by atoms with Gasteiger partial charge in [-0.3, -0.25) is 4.79 Å². The molecule has 0 amide bonds. The third kappa shape index (κ3) is 7.88. The number of methoxy groups -OCH3 is 1. The monoisotopic (exact) mass is 191 g/mol. The van der Waals surface area contributed by atoms with Gasteiger partial charge < -0.3 is 10.1 Å². The van der Waals surface area contributed by atoms with Crippen LogP contribution in [0.4, 0.5) is 0 Å². The maximum absolute atomic E-state index is 10.7. The van der Waals surface area contributed by atoms with E-state index in [0.717, 1.165) is 24.5 Å². The summed E-state index contributed by atoms with van der Waals surface area (Å²) in [7, 11) is 3.37. The van der Waals surface area contributed by atoms with Crippen molar-refractivity contribution in [1.82, 2.24) is 5.32 Å². The van der Waals surface area contributed by atoms with Crippen LogP contribution in [0.5, 0.6) is 0 Å². The van der Waals surface area contributed by atoms with Crippen LogP contribution >= 0.6 is 11.8 Å². The Kier molecular flexibility index (Phi) is 8.71. The normalized spacial score (nSPS) is 9.83. The number of ether oxygens (including phenoxy) is 1. The molecule has 0 rings (SSSR count). The van der Waals surface area contributed by atoms with Gasteiger partial charge in [0.15, 0.2) is 0 Å². The standard InChI is InChI=1S/C8H17NO2S/c1-9-5-3-6-12-7-4-8(10)11-2/h9H,3-7H2,1-2H3. The predicted molar refractivity (Wildman–Crippen MR) is 52.5 cm³/mol. The fourth-order valence-corrected chi connectivity index (χ4v) is 1.57. The van der Waals surface area contributed by atoms with Gasteiger partial charge in [-0.2, -0.15) is 11.8 Å². The van der Waals surface area contributed by atoms with Gasteiger partial charge in [0.1, 0.15) is 0 Å². The quantitative estimate of drug-likeness (QED) is 0.479. The lowest BCUT2D eigenvalue weighted by molar-refractivity contribution is -0.140. The van der Waals surface area contributed by atoms with Crippen LogP contribution in [0.2, 0.25) is 0 Å². The van der Waals surface area contributed by atoms with Gasteiger partial charge in [-0.05, 0) is 25.8 Å². The van der Waals surface area contributed by atoms with Crippen molar-refractivity contribution in [2.75, 3.05) is 32.2 Å². The van der Waals surface area contributed by atoms with Crippen molar-refractivity contribution in [2.45, 2.75) is 12.8 Å². The lowest BCUT2D eigenvalue weighted by atomic mass is 10.5. The zero-order valence-corrected chi connectivity index (χ0v) is 8.58. The van der Waals surface area contributed by atoms with Crippen LogP contribution < -0.4 is 5.32 Å². The molecule has 0 radical (unpaired) electrons. The van der Waals surface area contributed by atoms with Gasteiger partial charge in [-0.15, -0.1) is 0 Å². The van der Waals surface area contributed by atoms with E-state index >= 15 is 0 Å². The Morgan fingerprint density at radius 3 is 2.83 bits per heavy atom. The maximum atomic E-state index is 10.7. The summed E-state index contributed by atoms with van der Waals surface area (Å²) in [6.45, 7) is 1.05. The van der Waals surface area contributed by atoms with E-state index in [4.69, 9.17) is 0 Å². The van der Waals surface area contributed by atoms with Crippen LogP contribution in [0.1, 0.15) is 12.8 Å². The predicted octanol–water partition coefficient (Wildman–Crippen LogP) is 0.892. The topological polar surface area (TPSA) is 38.3 Å². The number of hydrogen-bond donors (Lipinski definition) is 1. The second-order valence-electron chi connectivity index (χ2n) is 2.40. The minimum atomic E-state index is -0.115. The van der Waals surface area contributed by atoms with Crippen molar-refractivity contribution < 1.29 is 9.53 Å². The van der Waals surface area contributed by atoms with E-state index in [-0.39, 0.29) is 5.97 Å². The van der Waals surface area contributed by atoms with Crippen molar-refractivity contribution in [3.8, 4) is 0 Å². The number of rotatable bonds is 7. The largest absolute Gasteiger partial charge is 0.469 e. The van der Waals surface area contributed by atoms with Crippen LogP contribution in [0.3, 0.4) is 0 Å². The highest BCUT2D eigenvalue weighted by Crippen LogP contribution is 2.04. The highest BCUT2D eigenvalue weighted by atomic mass is 32.2. The van der Waals surface area contributed by atoms with Crippen LogP contribution in [-0.2, 0) is 9.53 Å². The van der Waals surface area contributed by atoms with Gasteiger partial charge in [-0.1, -0.05) is 0 Å². The first kappa shape index (κ1) is 11.8. The molecule has 3 nitrogen and oxygen atoms in total. The summed E-state index contributed by atoms with van der Waals surface area (Å²) >= 11 is 1.80. The minimum absolute atomic E-state index is 0.115. The molecule has 0 atom stereocenters. The third-order valence-corrected chi connectivity index (χ3v) is 2.46. The molecular weight excluding hydrogens is 174 g/mol. The molecule has 0 aliphatic rings. The molecule has 12 heavy (non-hydrogen) atoms. The average molecular weight is 191 g/mol. The Labute approximate surface area is 78.2 Å². The first-order chi connectivity index (χ1) is 5.81. The van der Waals surface area contributed by atoms with Crippen molar-refractivity contribution >= 4 is 17.7 Å². The second-order valence-corrected chi connectivity index (χ2v) is 3.62. The van der Waals surface area contributed by atoms with E-state index in [1.54, 1.807) is 11.8 Å². The number of thioether (sulfide) groups is 1. The van der Waals surface area contributed by atoms with Gasteiger partial charge in [0.05, 0.1) is 13.5 Å². The summed E-state index contributed by atoms with van der Waals surface area (Å²) in [6.07, 6.45) is 1.68. The summed E-state index contributed by atoms with van der Waals surface area (Å²) in [4.78, 5) is 10.7. The first-order valence-corrected chi connectivity index (χ1v) is 5.26. The van der Waals surface area contributed by atoms with Crippen LogP contribution in [0.25, 0.3) is 0 Å². The fraction of sp³-hybridized carbons (Fsp3) is 0.875. The Morgan fingerprint density at radius 2 is 2.25 bits per heavy atom. The van der Waals surface area contributed by atoms with E-state index in [0.29, 0.717) is 6.42 Å². The molecule has 0 aliphatic carbocycles. The van der Waals surface area contributed by atoms with Crippen molar-refractivity contribution in [3.63, 3.8) is 0 Å². The summed E-state index contributed by atoms with van der Waals surface area (Å²) in [6, 6.07) is 0. The highest BCUT2D eigenvalue weighted by molar-refractivity contribution is 7.99. The number of hydrogen-bond acceptors (Lipinski definition) is 4. The minimum Gasteiger partial charge on any atom is -0.469 e. The van der Waals surface area contributed by atoms with E-state index in [1.165, 1.54) is 7.11 Å². The molecule has 0 saturated carbocycles. The number of nitrogens with one attached hydrogen (secondary N) is 1. The number of carbonyl (C=O) groups is 1. The summed E-state index contributed by atoms with van der Waals surface area (Å²) in [5.74, 6) is 1.87. The maximum Gasteiger partial charge on any atom is 0.306 e. The molecule has 0 unspecified atom stereocenters. The molecule has 0 fully saturated rings. The van der Waals surface area contributed by atoms with Crippen LogP contribution in [0, 0.1) is 0 Å². The lowest BCUT2D eigenvalue weighted by Gasteiger charge is -2.00. The average Bonchev–Trinajstić information content (AvgIpc) is 2.10. The molecule has 1 N–H and O–H groups in total. The van der Waals surface area contributed by atoms with Crippen LogP contribution in [-0.4, -0.2) is 38.2 Å². The zero-order valence-electron chi connectivity index (χ0n) is 7.76. The van der Waals surface area contributed by atoms with E-state index in [1.807, 2.05) is 7.05 Å². The van der Waals surface area contributed by atoms with Crippen molar-refractivity contribution in [3.05, 3.63) is 0 Å². The molecule has 72 valence electrons. The fourth-order valence-electron chi connectivity index (χ4n) is 0.711. The molecule has 0 saturated heterocycles. The Bertz CT molecular complexity index is 120. The van der Waals surface area contributed by atoms with Crippen molar-refractivity contribution in [1.29, 1.82) is 0 Å². The van der Waals surface area contributed by atoms with Crippen LogP contribution in [0.15, 0.2) is 0 Å². The van der Waals surface area contributed by atoms with E-state index in [2.05, 4.69) is 10.1 Å². The highest BCUT2D eigenvalue weighted by Gasteiger charge is 1.98.